The van der Waals surface area contributed by atoms with Crippen LogP contribution in [0.5, 0.6) is 0 Å². The van der Waals surface area contributed by atoms with Gasteiger partial charge in [-0.2, -0.15) is 8.42 Å². The van der Waals surface area contributed by atoms with Gasteiger partial charge in [-0.1, -0.05) is 0 Å². The van der Waals surface area contributed by atoms with Gasteiger partial charge in [0.05, 0.1) is 6.26 Å². The summed E-state index contributed by atoms with van der Waals surface area (Å²) in [5.41, 5.74) is 8.41. The number of nitrogens with two attached hydrogens (primary N) is 1. The van der Waals surface area contributed by atoms with Crippen LogP contribution < -0.4 is 11.1 Å². The SMILES string of the molecule is Cc1cc(NCCN(C)S(C)(=O)=O)ccc1N.O=S(=O)(O)O. The average molecular weight is 355 g/mol. The molecule has 0 bridgehead atoms. The summed E-state index contributed by atoms with van der Waals surface area (Å²) in [4.78, 5) is 0. The largest absolute Gasteiger partial charge is 0.399 e. The van der Waals surface area contributed by atoms with Gasteiger partial charge < -0.3 is 11.1 Å². The molecule has 128 valence electrons. The van der Waals surface area contributed by atoms with Crippen molar-refractivity contribution in [2.75, 3.05) is 37.4 Å². The maximum absolute atomic E-state index is 11.2. The molecule has 0 saturated carbocycles. The van der Waals surface area contributed by atoms with E-state index in [4.69, 9.17) is 23.3 Å². The topological polar surface area (TPSA) is 150 Å². The minimum atomic E-state index is -4.67. The highest BCUT2D eigenvalue weighted by atomic mass is 32.3. The van der Waals surface area contributed by atoms with Crippen LogP contribution >= 0.6 is 0 Å². The summed E-state index contributed by atoms with van der Waals surface area (Å²) in [6.45, 7) is 2.93. The lowest BCUT2D eigenvalue weighted by Crippen LogP contribution is -2.30. The Labute approximate surface area is 130 Å². The molecule has 9 nitrogen and oxygen atoms in total. The van der Waals surface area contributed by atoms with Crippen LogP contribution in [0, 0.1) is 6.92 Å². The van der Waals surface area contributed by atoms with Gasteiger partial charge in [-0.15, -0.1) is 0 Å². The van der Waals surface area contributed by atoms with Crippen molar-refractivity contribution in [2.24, 2.45) is 0 Å². The predicted octanol–water partition coefficient (Wildman–Crippen LogP) is 0.228. The zero-order valence-electron chi connectivity index (χ0n) is 12.5. The quantitative estimate of drug-likeness (QED) is 0.433. The minimum Gasteiger partial charge on any atom is -0.399 e. The number of aryl methyl sites for hydroxylation is 1. The van der Waals surface area contributed by atoms with Gasteiger partial charge in [-0.25, -0.2) is 12.7 Å². The molecule has 1 rings (SSSR count). The van der Waals surface area contributed by atoms with Crippen molar-refractivity contribution in [1.82, 2.24) is 4.31 Å². The first kappa shape index (κ1) is 20.6. The van der Waals surface area contributed by atoms with Crippen LogP contribution in [0.15, 0.2) is 18.2 Å². The maximum atomic E-state index is 11.2. The molecule has 0 aliphatic carbocycles. The number of anilines is 2. The summed E-state index contributed by atoms with van der Waals surface area (Å²) < 4.78 is 55.2. The summed E-state index contributed by atoms with van der Waals surface area (Å²) in [5.74, 6) is 0. The van der Waals surface area contributed by atoms with Crippen molar-refractivity contribution < 1.29 is 25.9 Å². The zero-order chi connectivity index (χ0) is 17.6. The lowest BCUT2D eigenvalue weighted by molar-refractivity contribution is 0.381. The van der Waals surface area contributed by atoms with Crippen LogP contribution in [0.1, 0.15) is 5.56 Å². The van der Waals surface area contributed by atoms with Crippen molar-refractivity contribution in [3.8, 4) is 0 Å². The number of rotatable bonds is 5. The van der Waals surface area contributed by atoms with E-state index in [2.05, 4.69) is 5.32 Å². The predicted molar refractivity (Wildman–Crippen MR) is 85.7 cm³/mol. The highest BCUT2D eigenvalue weighted by molar-refractivity contribution is 7.88. The molecule has 0 aliphatic rings. The lowest BCUT2D eigenvalue weighted by Gasteiger charge is -2.15. The number of hydrogen-bond acceptors (Lipinski definition) is 6. The van der Waals surface area contributed by atoms with Crippen LogP contribution in [0.25, 0.3) is 0 Å². The molecule has 0 amide bonds. The number of nitrogen functional groups attached to an aromatic ring is 1. The van der Waals surface area contributed by atoms with Gasteiger partial charge in [0.2, 0.25) is 10.0 Å². The Hall–Kier alpha value is -1.40. The van der Waals surface area contributed by atoms with E-state index in [0.29, 0.717) is 13.1 Å². The Morgan fingerprint density at radius 1 is 1.23 bits per heavy atom. The second-order valence-corrected chi connectivity index (χ2v) is 7.52. The monoisotopic (exact) mass is 355 g/mol. The Morgan fingerprint density at radius 2 is 1.73 bits per heavy atom. The van der Waals surface area contributed by atoms with Crippen molar-refractivity contribution in [3.63, 3.8) is 0 Å². The third-order valence-electron chi connectivity index (χ3n) is 2.59. The molecular formula is C11H21N3O6S2. The fraction of sp³-hybridized carbons (Fsp3) is 0.455. The van der Waals surface area contributed by atoms with Gasteiger partial charge in [0, 0.05) is 31.5 Å². The van der Waals surface area contributed by atoms with Crippen molar-refractivity contribution >= 4 is 31.8 Å². The van der Waals surface area contributed by atoms with E-state index in [-0.39, 0.29) is 0 Å². The van der Waals surface area contributed by atoms with E-state index in [9.17, 15) is 8.42 Å². The molecule has 0 aromatic heterocycles. The maximum Gasteiger partial charge on any atom is 0.394 e. The van der Waals surface area contributed by atoms with Crippen LogP contribution in [0.2, 0.25) is 0 Å². The molecule has 0 unspecified atom stereocenters. The Balaban J connectivity index is 0.000000763. The fourth-order valence-corrected chi connectivity index (χ4v) is 1.73. The first-order chi connectivity index (χ1) is 9.80. The Morgan fingerprint density at radius 3 is 2.14 bits per heavy atom. The molecule has 22 heavy (non-hydrogen) atoms. The van der Waals surface area contributed by atoms with Crippen LogP contribution in [-0.4, -0.2) is 56.6 Å². The molecular weight excluding hydrogens is 334 g/mol. The molecule has 1 aromatic carbocycles. The summed E-state index contributed by atoms with van der Waals surface area (Å²) in [7, 11) is -6.20. The zero-order valence-corrected chi connectivity index (χ0v) is 14.1. The molecule has 11 heteroatoms. The van der Waals surface area contributed by atoms with Gasteiger partial charge in [0.1, 0.15) is 0 Å². The van der Waals surface area contributed by atoms with E-state index in [0.717, 1.165) is 16.9 Å². The highest BCUT2D eigenvalue weighted by Crippen LogP contribution is 2.16. The Bertz CT molecular complexity index is 680. The van der Waals surface area contributed by atoms with E-state index in [1.165, 1.54) is 10.6 Å². The second kappa shape index (κ2) is 8.29. The molecule has 1 aromatic rings. The van der Waals surface area contributed by atoms with Crippen molar-refractivity contribution in [1.29, 1.82) is 0 Å². The summed E-state index contributed by atoms with van der Waals surface area (Å²) in [6, 6.07) is 5.65. The van der Waals surface area contributed by atoms with Crippen LogP contribution in [0.4, 0.5) is 11.4 Å². The minimum absolute atomic E-state index is 0.433. The molecule has 0 aliphatic heterocycles. The molecule has 0 atom stereocenters. The van der Waals surface area contributed by atoms with Crippen molar-refractivity contribution in [2.45, 2.75) is 6.92 Å². The van der Waals surface area contributed by atoms with Gasteiger partial charge >= 0.3 is 10.4 Å². The fourth-order valence-electron chi connectivity index (χ4n) is 1.31. The third kappa shape index (κ3) is 10.3. The number of likely N-dealkylation sites (N-methyl/N-ethyl adjacent to an activating group) is 1. The summed E-state index contributed by atoms with van der Waals surface area (Å²) >= 11 is 0. The van der Waals surface area contributed by atoms with Gasteiger partial charge in [-0.05, 0) is 30.7 Å². The Kier molecular flexibility index (Phi) is 7.76. The van der Waals surface area contributed by atoms with E-state index in [1.54, 1.807) is 7.05 Å². The normalized spacial score (nSPS) is 11.7. The molecule has 0 radical (unpaired) electrons. The van der Waals surface area contributed by atoms with E-state index < -0.39 is 20.4 Å². The average Bonchev–Trinajstić information content (AvgIpc) is 2.30. The third-order valence-corrected chi connectivity index (χ3v) is 3.91. The number of nitrogens with one attached hydrogen (secondary N) is 1. The molecule has 0 heterocycles. The lowest BCUT2D eigenvalue weighted by atomic mass is 10.2. The number of benzene rings is 1. The molecule has 0 fully saturated rings. The van der Waals surface area contributed by atoms with Crippen LogP contribution in [-0.2, 0) is 20.4 Å². The molecule has 5 N–H and O–H groups in total. The standard InChI is InChI=1S/C11H19N3O2S.H2O4S/c1-9-8-10(4-5-11(9)12)13-6-7-14(2)17(3,15)16;1-5(2,3)4/h4-5,8,13H,6-7,12H2,1-3H3;(H2,1,2,3,4). The first-order valence-corrected chi connectivity index (χ1v) is 9.26. The van der Waals surface area contributed by atoms with Crippen molar-refractivity contribution in [3.05, 3.63) is 23.8 Å². The van der Waals surface area contributed by atoms with Gasteiger partial charge in [0.25, 0.3) is 0 Å². The molecule has 0 spiro atoms. The van der Waals surface area contributed by atoms with Gasteiger partial charge in [0.15, 0.2) is 0 Å². The number of nitrogens with zero attached hydrogens (tertiary/aromatic N) is 1. The van der Waals surface area contributed by atoms with Gasteiger partial charge in [-0.3, -0.25) is 9.11 Å². The second-order valence-electron chi connectivity index (χ2n) is 4.53. The first-order valence-electron chi connectivity index (χ1n) is 6.02. The van der Waals surface area contributed by atoms with E-state index in [1.807, 2.05) is 25.1 Å². The number of sulfonamides is 1. The summed E-state index contributed by atoms with van der Waals surface area (Å²) in [6.07, 6.45) is 1.19. The smallest absolute Gasteiger partial charge is 0.394 e. The molecule has 0 saturated heterocycles. The van der Waals surface area contributed by atoms with E-state index >= 15 is 0 Å². The highest BCUT2D eigenvalue weighted by Gasteiger charge is 2.09. The van der Waals surface area contributed by atoms with Crippen LogP contribution in [0.3, 0.4) is 0 Å². The number of hydrogen-bond donors (Lipinski definition) is 4. The summed E-state index contributed by atoms with van der Waals surface area (Å²) in [5, 5.41) is 3.15.